The highest BCUT2D eigenvalue weighted by Crippen LogP contribution is 2.30. The summed E-state index contributed by atoms with van der Waals surface area (Å²) in [6.45, 7) is 6.52. The number of pyridine rings is 1. The molecule has 5 nitrogen and oxygen atoms in total. The summed E-state index contributed by atoms with van der Waals surface area (Å²) >= 11 is 2.03. The molecule has 3 heterocycles. The number of thioether (sulfide) groups is 1. The fourth-order valence-electron chi connectivity index (χ4n) is 2.55. The number of anilines is 2. The van der Waals surface area contributed by atoms with Gasteiger partial charge in [0.2, 0.25) is 0 Å². The predicted molar refractivity (Wildman–Crippen MR) is 80.5 cm³/mol. The highest BCUT2D eigenvalue weighted by Gasteiger charge is 2.24. The molecule has 1 aliphatic rings. The Balaban J connectivity index is 2.04. The van der Waals surface area contributed by atoms with E-state index in [1.54, 1.807) is 12.4 Å². The van der Waals surface area contributed by atoms with Crippen LogP contribution in [0, 0.1) is 0 Å². The van der Waals surface area contributed by atoms with Crippen LogP contribution in [0.15, 0.2) is 18.5 Å². The van der Waals surface area contributed by atoms with E-state index in [2.05, 4.69) is 33.7 Å². The van der Waals surface area contributed by atoms with Crippen LogP contribution in [0.25, 0.3) is 11.0 Å². The van der Waals surface area contributed by atoms with Gasteiger partial charge >= 0.3 is 0 Å². The van der Waals surface area contributed by atoms with Gasteiger partial charge in [0.1, 0.15) is 18.0 Å². The average molecular weight is 275 g/mol. The van der Waals surface area contributed by atoms with Crippen molar-refractivity contribution in [2.24, 2.45) is 0 Å². The zero-order valence-corrected chi connectivity index (χ0v) is 11.9. The van der Waals surface area contributed by atoms with Crippen LogP contribution in [0.3, 0.4) is 0 Å². The molecule has 0 amide bonds. The molecule has 1 saturated heterocycles. The quantitative estimate of drug-likeness (QED) is 0.858. The van der Waals surface area contributed by atoms with E-state index < -0.39 is 0 Å². The van der Waals surface area contributed by atoms with Crippen LogP contribution in [-0.2, 0) is 0 Å². The van der Waals surface area contributed by atoms with Crippen molar-refractivity contribution in [1.29, 1.82) is 0 Å². The second kappa shape index (κ2) is 4.85. The largest absolute Gasteiger partial charge is 0.384 e. The fraction of sp³-hybridized carbons (Fsp3) is 0.462. The van der Waals surface area contributed by atoms with Crippen LogP contribution < -0.4 is 10.6 Å². The third-order valence-electron chi connectivity index (χ3n) is 3.22. The molecule has 2 N–H and O–H groups in total. The predicted octanol–water partition coefficient (Wildman–Crippen LogP) is 1.94. The zero-order chi connectivity index (χ0) is 13.4. The van der Waals surface area contributed by atoms with E-state index in [1.807, 2.05) is 17.8 Å². The van der Waals surface area contributed by atoms with Crippen LogP contribution in [0.1, 0.15) is 13.8 Å². The minimum atomic E-state index is 0.494. The first kappa shape index (κ1) is 12.5. The molecule has 3 rings (SSSR count). The van der Waals surface area contributed by atoms with Gasteiger partial charge in [-0.25, -0.2) is 15.0 Å². The van der Waals surface area contributed by atoms with Gasteiger partial charge in [-0.1, -0.05) is 13.8 Å². The topological polar surface area (TPSA) is 67.9 Å². The van der Waals surface area contributed by atoms with Crippen LogP contribution in [0.2, 0.25) is 0 Å². The lowest BCUT2D eigenvalue weighted by Crippen LogP contribution is -2.41. The molecule has 0 aromatic carbocycles. The molecule has 1 aliphatic heterocycles. The molecule has 6 heteroatoms. The summed E-state index contributed by atoms with van der Waals surface area (Å²) in [6.07, 6.45) is 1.57. The third kappa shape index (κ3) is 2.45. The Hall–Kier alpha value is -1.56. The van der Waals surface area contributed by atoms with Crippen molar-refractivity contribution in [1.82, 2.24) is 15.0 Å². The Bertz CT molecular complexity index is 593. The highest BCUT2D eigenvalue weighted by molar-refractivity contribution is 8.00. The highest BCUT2D eigenvalue weighted by atomic mass is 32.2. The smallest absolute Gasteiger partial charge is 0.166 e. The number of hydrogen-bond acceptors (Lipinski definition) is 6. The summed E-state index contributed by atoms with van der Waals surface area (Å²) < 4.78 is 0. The van der Waals surface area contributed by atoms with Crippen LogP contribution >= 0.6 is 11.8 Å². The number of rotatable bonds is 1. The lowest BCUT2D eigenvalue weighted by molar-refractivity contribution is 0.720. The lowest BCUT2D eigenvalue weighted by atomic mass is 10.2. The Morgan fingerprint density at radius 2 is 1.95 bits per heavy atom. The van der Waals surface area contributed by atoms with Crippen molar-refractivity contribution < 1.29 is 0 Å². The molecular formula is C13H17N5S. The van der Waals surface area contributed by atoms with E-state index in [1.165, 1.54) is 0 Å². The van der Waals surface area contributed by atoms with Crippen molar-refractivity contribution >= 4 is 34.4 Å². The monoisotopic (exact) mass is 275 g/mol. The maximum absolute atomic E-state index is 5.71. The average Bonchev–Trinajstić information content (AvgIpc) is 2.36. The summed E-state index contributed by atoms with van der Waals surface area (Å²) in [6, 6.07) is 3.77. The van der Waals surface area contributed by atoms with Gasteiger partial charge in [-0.05, 0) is 12.1 Å². The zero-order valence-electron chi connectivity index (χ0n) is 11.1. The van der Waals surface area contributed by atoms with E-state index >= 15 is 0 Å². The van der Waals surface area contributed by atoms with Gasteiger partial charge in [-0.3, -0.25) is 0 Å². The Morgan fingerprint density at radius 1 is 1.21 bits per heavy atom. The second-order valence-corrected chi connectivity index (χ2v) is 6.85. The molecule has 100 valence electrons. The van der Waals surface area contributed by atoms with Crippen LogP contribution in [-0.4, -0.2) is 38.5 Å². The van der Waals surface area contributed by atoms with Crippen LogP contribution in [0.5, 0.6) is 0 Å². The number of hydrogen-bond donors (Lipinski definition) is 1. The van der Waals surface area contributed by atoms with Gasteiger partial charge in [0, 0.05) is 23.6 Å². The molecule has 0 bridgehead atoms. The fourth-order valence-corrected chi connectivity index (χ4v) is 3.87. The Morgan fingerprint density at radius 3 is 2.68 bits per heavy atom. The first-order valence-electron chi connectivity index (χ1n) is 6.41. The molecular weight excluding hydrogens is 258 g/mol. The van der Waals surface area contributed by atoms with Crippen molar-refractivity contribution in [3.05, 3.63) is 18.5 Å². The van der Waals surface area contributed by atoms with Crippen molar-refractivity contribution in [2.75, 3.05) is 23.7 Å². The summed E-state index contributed by atoms with van der Waals surface area (Å²) in [5, 5.41) is 2.19. The SMILES string of the molecule is C[C@@H]1CN(c2ncnc3nc(N)ccc23)C[C@H](C)S1. The minimum Gasteiger partial charge on any atom is -0.384 e. The standard InChI is InChI=1S/C13H17N5S/c1-8-5-18(6-9(2)19-8)13-10-3-4-11(14)17-12(10)15-7-16-13/h3-4,7-9H,5-6H2,1-2H3,(H2,14,15,16,17)/t8-,9+. The summed E-state index contributed by atoms with van der Waals surface area (Å²) in [4.78, 5) is 15.2. The first-order chi connectivity index (χ1) is 9.13. The van der Waals surface area contributed by atoms with Crippen molar-refractivity contribution in [3.63, 3.8) is 0 Å². The molecule has 2 aromatic heterocycles. The van der Waals surface area contributed by atoms with E-state index in [0.717, 1.165) is 24.3 Å². The molecule has 1 fully saturated rings. The molecule has 19 heavy (non-hydrogen) atoms. The van der Waals surface area contributed by atoms with Gasteiger partial charge in [-0.2, -0.15) is 11.8 Å². The minimum absolute atomic E-state index is 0.494. The first-order valence-corrected chi connectivity index (χ1v) is 7.35. The van der Waals surface area contributed by atoms with Gasteiger partial charge in [0.15, 0.2) is 5.65 Å². The molecule has 0 unspecified atom stereocenters. The van der Waals surface area contributed by atoms with Gasteiger partial charge in [-0.15, -0.1) is 0 Å². The number of nitrogens with zero attached hydrogens (tertiary/aromatic N) is 4. The number of nitrogen functional groups attached to an aromatic ring is 1. The summed E-state index contributed by atoms with van der Waals surface area (Å²) in [5.41, 5.74) is 6.38. The summed E-state index contributed by atoms with van der Waals surface area (Å²) in [7, 11) is 0. The van der Waals surface area contributed by atoms with Gasteiger partial charge in [0.05, 0.1) is 5.39 Å². The normalized spacial score (nSPS) is 23.8. The number of nitrogens with two attached hydrogens (primary N) is 1. The van der Waals surface area contributed by atoms with Crippen molar-refractivity contribution in [3.8, 4) is 0 Å². The maximum atomic E-state index is 5.71. The Kier molecular flexibility index (Phi) is 3.18. The molecule has 0 spiro atoms. The number of aromatic nitrogens is 3. The maximum Gasteiger partial charge on any atom is 0.166 e. The van der Waals surface area contributed by atoms with Gasteiger partial charge in [0.25, 0.3) is 0 Å². The van der Waals surface area contributed by atoms with E-state index in [-0.39, 0.29) is 0 Å². The van der Waals surface area contributed by atoms with Gasteiger partial charge < -0.3 is 10.6 Å². The van der Waals surface area contributed by atoms with Crippen molar-refractivity contribution in [2.45, 2.75) is 24.3 Å². The molecule has 2 aromatic rings. The van der Waals surface area contributed by atoms with E-state index in [9.17, 15) is 0 Å². The van der Waals surface area contributed by atoms with Crippen LogP contribution in [0.4, 0.5) is 11.6 Å². The van der Waals surface area contributed by atoms with E-state index in [0.29, 0.717) is 22.0 Å². The molecule has 0 radical (unpaired) electrons. The number of fused-ring (bicyclic) bond motifs is 1. The third-order valence-corrected chi connectivity index (χ3v) is 4.44. The molecule has 2 atom stereocenters. The Labute approximate surface area is 116 Å². The lowest BCUT2D eigenvalue weighted by Gasteiger charge is -2.35. The summed E-state index contributed by atoms with van der Waals surface area (Å²) in [5.74, 6) is 1.46. The molecule has 0 aliphatic carbocycles. The van der Waals surface area contributed by atoms with E-state index in [4.69, 9.17) is 5.73 Å². The molecule has 0 saturated carbocycles. The second-order valence-electron chi connectivity index (χ2n) is 4.97.